The molecule has 2 N–H and O–H groups in total. The van der Waals surface area contributed by atoms with Crippen molar-refractivity contribution >= 4 is 29.4 Å². The predicted molar refractivity (Wildman–Crippen MR) is 97.3 cm³/mol. The lowest BCUT2D eigenvalue weighted by molar-refractivity contribution is -0.123. The van der Waals surface area contributed by atoms with Crippen LogP contribution in [0.5, 0.6) is 0 Å². The Morgan fingerprint density at radius 1 is 1.21 bits per heavy atom. The number of hydrogen-bond donors (Lipinski definition) is 2. The Labute approximate surface area is 145 Å². The van der Waals surface area contributed by atoms with E-state index in [0.29, 0.717) is 5.56 Å². The van der Waals surface area contributed by atoms with Gasteiger partial charge >= 0.3 is 0 Å². The van der Waals surface area contributed by atoms with Gasteiger partial charge in [-0.15, -0.1) is 11.3 Å². The van der Waals surface area contributed by atoms with Gasteiger partial charge in [0.2, 0.25) is 0 Å². The normalized spacial score (nSPS) is 12.3. The third-order valence-electron chi connectivity index (χ3n) is 3.43. The molecule has 24 heavy (non-hydrogen) atoms. The van der Waals surface area contributed by atoms with Crippen LogP contribution in [0.4, 0.5) is 0 Å². The summed E-state index contributed by atoms with van der Waals surface area (Å²) in [6.45, 7) is 5.68. The second kappa shape index (κ2) is 8.40. The molecule has 126 valence electrons. The Balaban J connectivity index is 2.00. The third kappa shape index (κ3) is 5.03. The molecule has 0 bridgehead atoms. The van der Waals surface area contributed by atoms with Gasteiger partial charge in [0.15, 0.2) is 0 Å². The van der Waals surface area contributed by atoms with E-state index in [1.165, 1.54) is 11.3 Å². The summed E-state index contributed by atoms with van der Waals surface area (Å²) < 4.78 is 0. The highest BCUT2D eigenvalue weighted by Gasteiger charge is 2.24. The van der Waals surface area contributed by atoms with E-state index in [0.717, 1.165) is 10.4 Å². The number of carbonyl (C=O) groups excluding carboxylic acids is 2. The SMILES string of the molecule is Cc1cccc(C(=O)N[C@H](C(=O)N/N=C/c2cccs2)C(C)C)c1. The highest BCUT2D eigenvalue weighted by molar-refractivity contribution is 7.11. The maximum absolute atomic E-state index is 12.3. The topological polar surface area (TPSA) is 70.6 Å². The molecule has 0 aliphatic rings. The van der Waals surface area contributed by atoms with Gasteiger partial charge in [0.05, 0.1) is 6.21 Å². The molecule has 1 aromatic carbocycles. The molecule has 1 aromatic heterocycles. The number of benzene rings is 1. The number of hydrogen-bond acceptors (Lipinski definition) is 4. The summed E-state index contributed by atoms with van der Waals surface area (Å²) in [6, 6.07) is 10.4. The molecule has 0 spiro atoms. The number of rotatable bonds is 6. The molecule has 5 nitrogen and oxygen atoms in total. The first-order valence-electron chi connectivity index (χ1n) is 7.71. The van der Waals surface area contributed by atoms with Crippen LogP contribution >= 0.6 is 11.3 Å². The number of aryl methyl sites for hydroxylation is 1. The number of hydrazone groups is 1. The summed E-state index contributed by atoms with van der Waals surface area (Å²) in [7, 11) is 0. The maximum Gasteiger partial charge on any atom is 0.262 e. The van der Waals surface area contributed by atoms with Crippen LogP contribution in [0.15, 0.2) is 46.9 Å². The minimum absolute atomic E-state index is 0.0595. The van der Waals surface area contributed by atoms with Crippen molar-refractivity contribution in [3.63, 3.8) is 0 Å². The first kappa shape index (κ1) is 17.9. The maximum atomic E-state index is 12.3. The molecule has 1 atom stereocenters. The van der Waals surface area contributed by atoms with Crippen molar-refractivity contribution in [1.29, 1.82) is 0 Å². The van der Waals surface area contributed by atoms with E-state index >= 15 is 0 Å². The molecule has 0 fully saturated rings. The molecule has 0 radical (unpaired) electrons. The molecule has 2 aromatic rings. The van der Waals surface area contributed by atoms with E-state index in [-0.39, 0.29) is 17.7 Å². The van der Waals surface area contributed by atoms with Crippen LogP contribution in [0.2, 0.25) is 0 Å². The summed E-state index contributed by atoms with van der Waals surface area (Å²) >= 11 is 1.53. The Hall–Kier alpha value is -2.47. The van der Waals surface area contributed by atoms with Gasteiger partial charge in [0.25, 0.3) is 11.8 Å². The van der Waals surface area contributed by atoms with Gasteiger partial charge in [-0.3, -0.25) is 9.59 Å². The second-order valence-corrected chi connectivity index (χ2v) is 6.79. The number of nitrogens with one attached hydrogen (secondary N) is 2. The third-order valence-corrected chi connectivity index (χ3v) is 4.23. The molecule has 0 saturated carbocycles. The van der Waals surface area contributed by atoms with E-state index in [1.54, 1.807) is 18.3 Å². The predicted octanol–water partition coefficient (Wildman–Crippen LogP) is 2.96. The highest BCUT2D eigenvalue weighted by Crippen LogP contribution is 2.08. The monoisotopic (exact) mass is 343 g/mol. The van der Waals surface area contributed by atoms with Crippen LogP contribution in [-0.4, -0.2) is 24.1 Å². The van der Waals surface area contributed by atoms with Gasteiger partial charge in [-0.1, -0.05) is 37.6 Å². The summed E-state index contributed by atoms with van der Waals surface area (Å²) in [5.74, 6) is -0.663. The van der Waals surface area contributed by atoms with Crippen LogP contribution in [0.25, 0.3) is 0 Å². The minimum Gasteiger partial charge on any atom is -0.340 e. The van der Waals surface area contributed by atoms with Gasteiger partial charge in [0.1, 0.15) is 6.04 Å². The van der Waals surface area contributed by atoms with E-state index in [4.69, 9.17) is 0 Å². The molecule has 0 aliphatic heterocycles. The van der Waals surface area contributed by atoms with Gasteiger partial charge in [-0.05, 0) is 36.4 Å². The summed E-state index contributed by atoms with van der Waals surface area (Å²) in [4.78, 5) is 25.6. The minimum atomic E-state index is -0.654. The fraction of sp³-hybridized carbons (Fsp3) is 0.278. The summed E-state index contributed by atoms with van der Waals surface area (Å²) in [5, 5.41) is 8.66. The summed E-state index contributed by atoms with van der Waals surface area (Å²) in [6.07, 6.45) is 1.59. The Kier molecular flexibility index (Phi) is 6.26. The molecule has 2 amide bonds. The van der Waals surface area contributed by atoms with Gasteiger partial charge in [-0.2, -0.15) is 5.10 Å². The van der Waals surface area contributed by atoms with Crippen molar-refractivity contribution in [2.75, 3.05) is 0 Å². The largest absolute Gasteiger partial charge is 0.340 e. The zero-order chi connectivity index (χ0) is 17.5. The number of carbonyl (C=O) groups is 2. The standard InChI is InChI=1S/C18H21N3O2S/c1-12(2)16(18(23)21-19-11-15-8-5-9-24-15)20-17(22)14-7-4-6-13(3)10-14/h4-12,16H,1-3H3,(H,20,22)(H,21,23)/b19-11+/t16-/m0/s1. The zero-order valence-corrected chi connectivity index (χ0v) is 14.8. The van der Waals surface area contributed by atoms with Gasteiger partial charge < -0.3 is 5.32 Å². The van der Waals surface area contributed by atoms with Crippen LogP contribution in [0, 0.1) is 12.8 Å². The highest BCUT2D eigenvalue weighted by atomic mass is 32.1. The average molecular weight is 343 g/mol. The second-order valence-electron chi connectivity index (χ2n) is 5.81. The quantitative estimate of drug-likeness (QED) is 0.625. The first-order valence-corrected chi connectivity index (χ1v) is 8.59. The molecule has 2 rings (SSSR count). The lowest BCUT2D eigenvalue weighted by Crippen LogP contribution is -2.48. The molecular weight excluding hydrogens is 322 g/mol. The number of nitrogens with zero attached hydrogens (tertiary/aromatic N) is 1. The average Bonchev–Trinajstić information content (AvgIpc) is 3.05. The Bertz CT molecular complexity index is 724. The molecule has 1 heterocycles. The van der Waals surface area contributed by atoms with Crippen molar-refractivity contribution in [3.05, 3.63) is 57.8 Å². The van der Waals surface area contributed by atoms with Crippen LogP contribution in [-0.2, 0) is 4.79 Å². The van der Waals surface area contributed by atoms with E-state index in [1.807, 2.05) is 50.4 Å². The van der Waals surface area contributed by atoms with E-state index < -0.39 is 6.04 Å². The first-order chi connectivity index (χ1) is 11.5. The van der Waals surface area contributed by atoms with Crippen LogP contribution < -0.4 is 10.7 Å². The Morgan fingerprint density at radius 2 is 2.00 bits per heavy atom. The number of amides is 2. The fourth-order valence-corrected chi connectivity index (χ4v) is 2.72. The van der Waals surface area contributed by atoms with Gasteiger partial charge in [0, 0.05) is 10.4 Å². The van der Waals surface area contributed by atoms with Crippen LogP contribution in [0.3, 0.4) is 0 Å². The smallest absolute Gasteiger partial charge is 0.262 e. The van der Waals surface area contributed by atoms with E-state index in [9.17, 15) is 9.59 Å². The fourth-order valence-electron chi connectivity index (χ4n) is 2.14. The molecule has 6 heteroatoms. The number of thiophene rings is 1. The molecule has 0 aliphatic carbocycles. The lowest BCUT2D eigenvalue weighted by Gasteiger charge is -2.20. The Morgan fingerprint density at radius 3 is 2.62 bits per heavy atom. The molecule has 0 unspecified atom stereocenters. The zero-order valence-electron chi connectivity index (χ0n) is 13.9. The molecule has 0 saturated heterocycles. The van der Waals surface area contributed by atoms with Crippen molar-refractivity contribution in [2.24, 2.45) is 11.0 Å². The lowest BCUT2D eigenvalue weighted by atomic mass is 10.0. The van der Waals surface area contributed by atoms with Gasteiger partial charge in [-0.25, -0.2) is 5.43 Å². The molecular formula is C18H21N3O2S. The van der Waals surface area contributed by atoms with Crippen LogP contribution in [0.1, 0.15) is 34.6 Å². The summed E-state index contributed by atoms with van der Waals surface area (Å²) in [5.41, 5.74) is 4.02. The van der Waals surface area contributed by atoms with Crippen molar-refractivity contribution < 1.29 is 9.59 Å². The van der Waals surface area contributed by atoms with Crippen molar-refractivity contribution in [2.45, 2.75) is 26.8 Å². The van der Waals surface area contributed by atoms with Crippen molar-refractivity contribution in [1.82, 2.24) is 10.7 Å². The van der Waals surface area contributed by atoms with E-state index in [2.05, 4.69) is 15.8 Å². The van der Waals surface area contributed by atoms with Crippen molar-refractivity contribution in [3.8, 4) is 0 Å².